The molecule has 9 heteroatoms. The number of likely N-dealkylation sites (N-methyl/N-ethyl adjacent to an activating group) is 1. The van der Waals surface area contributed by atoms with Gasteiger partial charge in [-0.2, -0.15) is 0 Å². The van der Waals surface area contributed by atoms with Gasteiger partial charge in [0.05, 0.1) is 0 Å². The Morgan fingerprint density at radius 2 is 1.55 bits per heavy atom. The quantitative estimate of drug-likeness (QED) is 0.491. The second-order valence-corrected chi connectivity index (χ2v) is 8.18. The van der Waals surface area contributed by atoms with Gasteiger partial charge >= 0.3 is 6.03 Å². The molecule has 2 amide bonds. The Balaban J connectivity index is 1.24. The molecule has 1 saturated heterocycles. The van der Waals surface area contributed by atoms with E-state index in [2.05, 4.69) is 49.5 Å². The maximum absolute atomic E-state index is 12.4. The summed E-state index contributed by atoms with van der Waals surface area (Å²) in [6, 6.07) is 16.2. The van der Waals surface area contributed by atoms with E-state index < -0.39 is 0 Å². The molecule has 0 spiro atoms. The van der Waals surface area contributed by atoms with Gasteiger partial charge in [-0.3, -0.25) is 4.90 Å². The molecule has 2 aromatic carbocycles. The molecule has 1 fully saturated rings. The van der Waals surface area contributed by atoms with Crippen LogP contribution in [-0.4, -0.2) is 58.5 Å². The van der Waals surface area contributed by atoms with Crippen molar-refractivity contribution in [2.24, 2.45) is 0 Å². The highest BCUT2D eigenvalue weighted by molar-refractivity contribution is 6.29. The fourth-order valence-corrected chi connectivity index (χ4v) is 3.75. The molecule has 0 radical (unpaired) electrons. The molecule has 33 heavy (non-hydrogen) atoms. The van der Waals surface area contributed by atoms with E-state index in [1.807, 2.05) is 12.1 Å². The first-order valence-electron chi connectivity index (χ1n) is 10.9. The number of urea groups is 1. The summed E-state index contributed by atoms with van der Waals surface area (Å²) < 4.78 is 5.62. The Morgan fingerprint density at radius 1 is 0.939 bits per heavy atom. The number of halogens is 1. The fraction of sp³-hybridized carbons (Fsp3) is 0.292. The minimum atomic E-state index is -0.310. The lowest BCUT2D eigenvalue weighted by Gasteiger charge is -2.34. The van der Waals surface area contributed by atoms with Gasteiger partial charge in [0, 0.05) is 50.2 Å². The lowest BCUT2D eigenvalue weighted by Crippen LogP contribution is -2.45. The topological polar surface area (TPSA) is 82.6 Å². The molecule has 0 saturated carbocycles. The molecule has 0 aliphatic carbocycles. The third kappa shape index (κ3) is 6.89. The fourth-order valence-electron chi connectivity index (χ4n) is 3.61. The van der Waals surface area contributed by atoms with Gasteiger partial charge in [0.1, 0.15) is 17.2 Å². The molecule has 2 N–H and O–H groups in total. The average molecular weight is 467 g/mol. The molecule has 2 heterocycles. The van der Waals surface area contributed by atoms with E-state index in [1.54, 1.807) is 24.3 Å². The van der Waals surface area contributed by atoms with Crippen molar-refractivity contribution in [2.45, 2.75) is 13.5 Å². The van der Waals surface area contributed by atoms with Crippen LogP contribution in [0.1, 0.15) is 12.5 Å². The van der Waals surface area contributed by atoms with Gasteiger partial charge < -0.3 is 20.3 Å². The van der Waals surface area contributed by atoms with E-state index in [-0.39, 0.29) is 6.03 Å². The number of ether oxygens (including phenoxy) is 1. The first kappa shape index (κ1) is 23.0. The summed E-state index contributed by atoms with van der Waals surface area (Å²) in [5.74, 6) is 0.919. The number of piperazine rings is 1. The molecule has 1 aliphatic heterocycles. The molecular formula is C24H27ClN6O2. The minimum Gasteiger partial charge on any atom is -0.439 e. The number of rotatable bonds is 7. The van der Waals surface area contributed by atoms with E-state index in [4.69, 9.17) is 16.3 Å². The highest BCUT2D eigenvalue weighted by Crippen LogP contribution is 2.22. The zero-order valence-electron chi connectivity index (χ0n) is 18.5. The number of benzene rings is 2. The number of carbonyl (C=O) groups is 1. The maximum atomic E-state index is 12.4. The SMILES string of the molecule is CCN1CCN(Cc2ccc(NC(=O)Nc3ccc(Oc4cc(Cl)ncn4)cc3)cc2)CC1. The van der Waals surface area contributed by atoms with Gasteiger partial charge in [-0.25, -0.2) is 14.8 Å². The molecule has 172 valence electrons. The highest BCUT2D eigenvalue weighted by Gasteiger charge is 2.15. The van der Waals surface area contributed by atoms with Gasteiger partial charge in [-0.1, -0.05) is 30.7 Å². The number of carbonyl (C=O) groups excluding carboxylic acids is 1. The van der Waals surface area contributed by atoms with Crippen LogP contribution in [0.25, 0.3) is 0 Å². The Kier molecular flexibility index (Phi) is 7.72. The van der Waals surface area contributed by atoms with Crippen molar-refractivity contribution < 1.29 is 9.53 Å². The third-order valence-corrected chi connectivity index (χ3v) is 5.68. The summed E-state index contributed by atoms with van der Waals surface area (Å²) in [5, 5.41) is 5.98. The van der Waals surface area contributed by atoms with Crippen LogP contribution in [0.15, 0.2) is 60.9 Å². The van der Waals surface area contributed by atoms with Crippen molar-refractivity contribution in [1.82, 2.24) is 19.8 Å². The van der Waals surface area contributed by atoms with Crippen molar-refractivity contribution in [3.8, 4) is 11.6 Å². The first-order chi connectivity index (χ1) is 16.1. The molecule has 1 aromatic heterocycles. The first-order valence-corrected chi connectivity index (χ1v) is 11.3. The van der Waals surface area contributed by atoms with Crippen molar-refractivity contribution in [2.75, 3.05) is 43.4 Å². The van der Waals surface area contributed by atoms with Crippen LogP contribution >= 0.6 is 11.6 Å². The van der Waals surface area contributed by atoms with Gasteiger partial charge in [0.15, 0.2) is 0 Å². The Bertz CT molecular complexity index is 1050. The van der Waals surface area contributed by atoms with Crippen LogP contribution in [0.3, 0.4) is 0 Å². The number of aromatic nitrogens is 2. The predicted molar refractivity (Wildman–Crippen MR) is 130 cm³/mol. The molecular weight excluding hydrogens is 440 g/mol. The minimum absolute atomic E-state index is 0.304. The molecule has 0 atom stereocenters. The molecule has 0 bridgehead atoms. The summed E-state index contributed by atoms with van der Waals surface area (Å²) in [6.45, 7) is 8.68. The van der Waals surface area contributed by atoms with Crippen molar-refractivity contribution in [3.63, 3.8) is 0 Å². The van der Waals surface area contributed by atoms with Crippen LogP contribution in [0.5, 0.6) is 11.6 Å². The van der Waals surface area contributed by atoms with E-state index in [1.165, 1.54) is 18.0 Å². The second-order valence-electron chi connectivity index (χ2n) is 7.79. The molecule has 8 nitrogen and oxygen atoms in total. The third-order valence-electron chi connectivity index (χ3n) is 5.47. The van der Waals surface area contributed by atoms with Gasteiger partial charge in [-0.05, 0) is 48.5 Å². The summed E-state index contributed by atoms with van der Waals surface area (Å²) in [6.07, 6.45) is 1.33. The van der Waals surface area contributed by atoms with Crippen LogP contribution in [0, 0.1) is 0 Å². The van der Waals surface area contributed by atoms with Crippen LogP contribution in [-0.2, 0) is 6.54 Å². The van der Waals surface area contributed by atoms with Crippen molar-refractivity contribution >= 4 is 29.0 Å². The standard InChI is InChI=1S/C24H27ClN6O2/c1-2-30-11-13-31(14-12-30)16-18-3-5-19(6-4-18)28-24(32)29-20-7-9-21(10-8-20)33-23-15-22(25)26-17-27-23/h3-10,15,17H,2,11-14,16H2,1H3,(H2,28,29,32). The number of nitrogens with one attached hydrogen (secondary N) is 2. The largest absolute Gasteiger partial charge is 0.439 e. The van der Waals surface area contributed by atoms with Crippen molar-refractivity contribution in [1.29, 1.82) is 0 Å². The van der Waals surface area contributed by atoms with Crippen LogP contribution in [0.4, 0.5) is 16.2 Å². The summed E-state index contributed by atoms with van der Waals surface area (Å²) in [4.78, 5) is 25.1. The summed E-state index contributed by atoms with van der Waals surface area (Å²) in [7, 11) is 0. The van der Waals surface area contributed by atoms with E-state index in [0.29, 0.717) is 22.5 Å². The number of amides is 2. The summed E-state index contributed by atoms with van der Waals surface area (Å²) in [5.41, 5.74) is 2.63. The molecule has 3 aromatic rings. The zero-order chi connectivity index (χ0) is 23.0. The lowest BCUT2D eigenvalue weighted by molar-refractivity contribution is 0.132. The molecule has 1 aliphatic rings. The predicted octanol–water partition coefficient (Wildman–Crippen LogP) is 4.70. The summed E-state index contributed by atoms with van der Waals surface area (Å²) >= 11 is 5.83. The Hall–Kier alpha value is -3.20. The van der Waals surface area contributed by atoms with Gasteiger partial charge in [-0.15, -0.1) is 0 Å². The molecule has 4 rings (SSSR count). The smallest absolute Gasteiger partial charge is 0.323 e. The number of hydrogen-bond donors (Lipinski definition) is 2. The monoisotopic (exact) mass is 466 g/mol. The second kappa shape index (κ2) is 11.1. The van der Waals surface area contributed by atoms with Crippen molar-refractivity contribution in [3.05, 3.63) is 71.6 Å². The van der Waals surface area contributed by atoms with Crippen LogP contribution < -0.4 is 15.4 Å². The van der Waals surface area contributed by atoms with Crippen LogP contribution in [0.2, 0.25) is 5.15 Å². The average Bonchev–Trinajstić information content (AvgIpc) is 2.82. The van der Waals surface area contributed by atoms with E-state index in [0.717, 1.165) is 45.0 Å². The number of nitrogens with zero attached hydrogens (tertiary/aromatic N) is 4. The number of hydrogen-bond acceptors (Lipinski definition) is 6. The molecule has 0 unspecified atom stereocenters. The van der Waals surface area contributed by atoms with E-state index >= 15 is 0 Å². The maximum Gasteiger partial charge on any atom is 0.323 e. The Morgan fingerprint density at radius 3 is 2.15 bits per heavy atom. The highest BCUT2D eigenvalue weighted by atomic mass is 35.5. The van der Waals surface area contributed by atoms with Gasteiger partial charge in [0.25, 0.3) is 0 Å². The zero-order valence-corrected chi connectivity index (χ0v) is 19.3. The number of anilines is 2. The Labute approximate surface area is 198 Å². The van der Waals surface area contributed by atoms with E-state index in [9.17, 15) is 4.79 Å². The normalized spacial score (nSPS) is 14.6. The van der Waals surface area contributed by atoms with Gasteiger partial charge in [0.2, 0.25) is 5.88 Å². The lowest BCUT2D eigenvalue weighted by atomic mass is 10.2.